The number of rotatable bonds is 11. The number of esters is 1. The van der Waals surface area contributed by atoms with E-state index in [-0.39, 0.29) is 12.0 Å². The van der Waals surface area contributed by atoms with E-state index in [9.17, 15) is 4.79 Å². The fourth-order valence-electron chi connectivity index (χ4n) is 4.47. The van der Waals surface area contributed by atoms with Gasteiger partial charge in [-0.15, -0.1) is 0 Å². The first-order valence-corrected chi connectivity index (χ1v) is 13.6. The van der Waals surface area contributed by atoms with Crippen molar-refractivity contribution in [2.75, 3.05) is 13.7 Å². The summed E-state index contributed by atoms with van der Waals surface area (Å²) in [5, 5.41) is 0. The molecule has 1 unspecified atom stereocenters. The highest BCUT2D eigenvalue weighted by Crippen LogP contribution is 2.30. The molecule has 0 bridgehead atoms. The molecule has 0 aliphatic rings. The van der Waals surface area contributed by atoms with Gasteiger partial charge in [-0.25, -0.2) is 4.79 Å². The number of hydrogen-bond donors (Lipinski definition) is 0. The summed E-state index contributed by atoms with van der Waals surface area (Å²) >= 11 is 0. The predicted octanol–water partition coefficient (Wildman–Crippen LogP) is 7.37. The van der Waals surface area contributed by atoms with Crippen LogP contribution in [-0.2, 0) is 22.5 Å². The highest BCUT2D eigenvalue weighted by Gasteiger charge is 2.23. The second-order valence-corrected chi connectivity index (χ2v) is 9.30. The van der Waals surface area contributed by atoms with Gasteiger partial charge in [-0.3, -0.25) is 0 Å². The third-order valence-corrected chi connectivity index (χ3v) is 6.52. The lowest BCUT2D eigenvalue weighted by Crippen LogP contribution is -2.28. The van der Waals surface area contributed by atoms with Crippen LogP contribution in [0, 0.1) is 11.8 Å². The zero-order valence-electron chi connectivity index (χ0n) is 23.1. The van der Waals surface area contributed by atoms with Crippen molar-refractivity contribution >= 4 is 5.97 Å². The molecule has 0 amide bonds. The maximum Gasteiger partial charge on any atom is 0.332 e. The Morgan fingerprint density at radius 2 is 1.45 bits per heavy atom. The summed E-state index contributed by atoms with van der Waals surface area (Å²) in [5.41, 5.74) is 5.14. The number of allylic oxidation sites excluding steroid dienone is 1. The second-order valence-electron chi connectivity index (χ2n) is 9.30. The van der Waals surface area contributed by atoms with E-state index in [1.54, 1.807) is 13.2 Å². The van der Waals surface area contributed by atoms with Crippen LogP contribution in [0.4, 0.5) is 0 Å². The van der Waals surface area contributed by atoms with Crippen molar-refractivity contribution in [1.82, 2.24) is 4.90 Å². The number of hydrogen-bond acceptors (Lipinski definition) is 4. The number of carbonyl (C=O) groups is 1. The van der Waals surface area contributed by atoms with Crippen LogP contribution in [-0.4, -0.2) is 24.6 Å². The van der Waals surface area contributed by atoms with Crippen LogP contribution in [0.25, 0.3) is 0 Å². The molecule has 0 saturated carbocycles. The van der Waals surface area contributed by atoms with Crippen LogP contribution in [0.2, 0.25) is 0 Å². The quantitative estimate of drug-likeness (QED) is 0.116. The van der Waals surface area contributed by atoms with Gasteiger partial charge >= 0.3 is 5.97 Å². The molecule has 0 aliphatic carbocycles. The molecular formula is C36H35NO3. The van der Waals surface area contributed by atoms with E-state index < -0.39 is 0 Å². The number of benzene rings is 4. The molecule has 4 aromatic rings. The summed E-state index contributed by atoms with van der Waals surface area (Å²) in [6.07, 6.45) is 3.06. The van der Waals surface area contributed by atoms with Gasteiger partial charge in [0.05, 0.1) is 13.7 Å². The Labute approximate surface area is 237 Å². The molecule has 4 rings (SSSR count). The van der Waals surface area contributed by atoms with Gasteiger partial charge in [0.15, 0.2) is 0 Å². The lowest BCUT2D eigenvalue weighted by molar-refractivity contribution is -0.137. The summed E-state index contributed by atoms with van der Waals surface area (Å²) < 4.78 is 10.8. The molecule has 0 radical (unpaired) electrons. The molecular weight excluding hydrogens is 494 g/mol. The Kier molecular flexibility index (Phi) is 10.6. The van der Waals surface area contributed by atoms with Crippen LogP contribution in [0.5, 0.6) is 5.75 Å². The van der Waals surface area contributed by atoms with Crippen LogP contribution < -0.4 is 4.74 Å². The van der Waals surface area contributed by atoms with Crippen LogP contribution >= 0.6 is 0 Å². The Balaban J connectivity index is 1.81. The molecule has 0 heterocycles. The summed E-state index contributed by atoms with van der Waals surface area (Å²) in [7, 11) is 1.66. The average molecular weight is 530 g/mol. The average Bonchev–Trinajstić information content (AvgIpc) is 3.01. The van der Waals surface area contributed by atoms with E-state index in [1.807, 2.05) is 85.8 Å². The Morgan fingerprint density at radius 3 is 2.08 bits per heavy atom. The van der Waals surface area contributed by atoms with Gasteiger partial charge in [0.2, 0.25) is 0 Å². The number of carbonyl (C=O) groups excluding carboxylic acids is 1. The first-order chi connectivity index (χ1) is 19.7. The van der Waals surface area contributed by atoms with Crippen LogP contribution in [0.3, 0.4) is 0 Å². The van der Waals surface area contributed by atoms with Crippen molar-refractivity contribution in [1.29, 1.82) is 0 Å². The molecule has 4 nitrogen and oxygen atoms in total. The molecule has 0 spiro atoms. The fourth-order valence-corrected chi connectivity index (χ4v) is 4.47. The highest BCUT2D eigenvalue weighted by molar-refractivity contribution is 5.82. The molecule has 0 fully saturated rings. The molecule has 0 saturated heterocycles. The van der Waals surface area contributed by atoms with Gasteiger partial charge in [-0.05, 0) is 60.7 Å². The van der Waals surface area contributed by atoms with Gasteiger partial charge in [0.25, 0.3) is 0 Å². The topological polar surface area (TPSA) is 38.8 Å². The van der Waals surface area contributed by atoms with Gasteiger partial charge in [0, 0.05) is 23.9 Å². The fraction of sp³-hybridized carbons (Fsp3) is 0.194. The largest absolute Gasteiger partial charge is 0.497 e. The van der Waals surface area contributed by atoms with Crippen molar-refractivity contribution in [3.05, 3.63) is 149 Å². The minimum absolute atomic E-state index is 0.306. The number of methoxy groups -OCH3 is 1. The van der Waals surface area contributed by atoms with E-state index in [2.05, 4.69) is 53.1 Å². The van der Waals surface area contributed by atoms with E-state index in [1.165, 1.54) is 5.56 Å². The number of nitrogens with zero attached hydrogens (tertiary/aromatic N) is 1. The lowest BCUT2D eigenvalue weighted by atomic mass is 10.0. The molecule has 0 aliphatic heterocycles. The van der Waals surface area contributed by atoms with Crippen molar-refractivity contribution < 1.29 is 14.3 Å². The standard InChI is InChI=1S/C36H35NO3/c1-3-40-36(38)27-33(23-19-29-13-7-4-8-14-29)37(28-31-20-24-34(39-2)25-21-31)35(32-17-11-6-12-18-32)26-22-30-15-9-5-10-16-30/h4-18,20-21,24-25,27,35H,3,19,23,28H2,1-2H3/b33-27+. The maximum absolute atomic E-state index is 12.9. The van der Waals surface area contributed by atoms with E-state index >= 15 is 0 Å². The normalized spacial score (nSPS) is 11.6. The summed E-state index contributed by atoms with van der Waals surface area (Å²) in [6, 6.07) is 38.2. The second kappa shape index (κ2) is 15.0. The summed E-state index contributed by atoms with van der Waals surface area (Å²) in [5.74, 6) is 7.36. The zero-order chi connectivity index (χ0) is 28.0. The van der Waals surface area contributed by atoms with Gasteiger partial charge in [0.1, 0.15) is 11.8 Å². The summed E-state index contributed by atoms with van der Waals surface area (Å²) in [4.78, 5) is 15.1. The molecule has 202 valence electrons. The Morgan fingerprint density at radius 1 is 0.825 bits per heavy atom. The van der Waals surface area contributed by atoms with Crippen molar-refractivity contribution in [3.63, 3.8) is 0 Å². The van der Waals surface area contributed by atoms with E-state index in [0.717, 1.165) is 34.6 Å². The first-order valence-electron chi connectivity index (χ1n) is 13.6. The monoisotopic (exact) mass is 529 g/mol. The van der Waals surface area contributed by atoms with Crippen LogP contribution in [0.1, 0.15) is 41.6 Å². The molecule has 0 N–H and O–H groups in total. The van der Waals surface area contributed by atoms with Crippen molar-refractivity contribution in [2.24, 2.45) is 0 Å². The maximum atomic E-state index is 12.9. The molecule has 4 heteroatoms. The molecule has 0 aromatic heterocycles. The van der Waals surface area contributed by atoms with Crippen molar-refractivity contribution in [3.8, 4) is 17.6 Å². The zero-order valence-corrected chi connectivity index (χ0v) is 23.1. The predicted molar refractivity (Wildman–Crippen MR) is 161 cm³/mol. The first kappa shape index (κ1) is 28.3. The number of ether oxygens (including phenoxy) is 2. The Bertz CT molecular complexity index is 1420. The molecule has 40 heavy (non-hydrogen) atoms. The third-order valence-electron chi connectivity index (χ3n) is 6.52. The molecule has 1 atom stereocenters. The van der Waals surface area contributed by atoms with Gasteiger partial charge in [-0.2, -0.15) is 0 Å². The Hall–Kier alpha value is -4.75. The van der Waals surface area contributed by atoms with E-state index in [4.69, 9.17) is 9.47 Å². The van der Waals surface area contributed by atoms with Gasteiger partial charge < -0.3 is 14.4 Å². The SMILES string of the molecule is CCOC(=O)/C=C(\CCc1ccccc1)N(Cc1ccc(OC)cc1)C(C#Cc1ccccc1)c1ccccc1. The highest BCUT2D eigenvalue weighted by atomic mass is 16.5. The minimum atomic E-state index is -0.354. The smallest absolute Gasteiger partial charge is 0.332 e. The van der Waals surface area contributed by atoms with E-state index in [0.29, 0.717) is 19.6 Å². The third kappa shape index (κ3) is 8.38. The minimum Gasteiger partial charge on any atom is -0.497 e. The van der Waals surface area contributed by atoms with Crippen LogP contribution in [0.15, 0.2) is 127 Å². The van der Waals surface area contributed by atoms with Gasteiger partial charge in [-0.1, -0.05) is 103 Å². The lowest BCUT2D eigenvalue weighted by Gasteiger charge is -2.33. The summed E-state index contributed by atoms with van der Waals surface area (Å²) in [6.45, 7) is 2.69. The van der Waals surface area contributed by atoms with Crippen molar-refractivity contribution in [2.45, 2.75) is 32.4 Å². The molecule has 4 aromatic carbocycles. The number of aryl methyl sites for hydroxylation is 1.